The number of hydrogen-bond donors (Lipinski definition) is 2. The van der Waals surface area contributed by atoms with E-state index in [2.05, 4.69) is 37.1 Å². The van der Waals surface area contributed by atoms with Gasteiger partial charge in [-0.1, -0.05) is 25.5 Å². The number of nitrogens with zero attached hydrogens (tertiary/aromatic N) is 7. The van der Waals surface area contributed by atoms with Crippen LogP contribution in [0.2, 0.25) is 0 Å². The Labute approximate surface area is 302 Å². The monoisotopic (exact) mass is 717 g/mol. The van der Waals surface area contributed by atoms with Crippen molar-refractivity contribution in [3.63, 3.8) is 0 Å². The molecular formula is C38H47F2N8O4+. The zero-order valence-corrected chi connectivity index (χ0v) is 28.7. The number of benzene rings is 3. The zero-order chi connectivity index (χ0) is 35.5. The smallest absolute Gasteiger partial charge is 0.350 e. The predicted octanol–water partition coefficient (Wildman–Crippen LogP) is 3.79. The minimum Gasteiger partial charge on any atom is -0.493 e. The summed E-state index contributed by atoms with van der Waals surface area (Å²) >= 11 is 0. The van der Waals surface area contributed by atoms with Gasteiger partial charge in [-0.15, -0.1) is 0 Å². The molecule has 0 bridgehead atoms. The second-order valence-corrected chi connectivity index (χ2v) is 13.4. The summed E-state index contributed by atoms with van der Waals surface area (Å²) in [6, 6.07) is 19.2. The van der Waals surface area contributed by atoms with Crippen LogP contribution in [0.15, 0.2) is 87.9 Å². The number of aliphatic imine (C=N–C) groups is 1. The summed E-state index contributed by atoms with van der Waals surface area (Å²) in [5.74, 6) is -0.524. The first-order chi connectivity index (χ1) is 24.7. The van der Waals surface area contributed by atoms with Crippen LogP contribution in [0.1, 0.15) is 45.7 Å². The third-order valence-corrected chi connectivity index (χ3v) is 10.1. The topological polar surface area (TPSA) is 114 Å². The number of hydrogen-bond acceptors (Lipinski definition) is 9. The number of quaternary nitrogens is 1. The lowest BCUT2D eigenvalue weighted by molar-refractivity contribution is -0.812. The fourth-order valence-electron chi connectivity index (χ4n) is 7.33. The molecular weight excluding hydrogens is 670 g/mol. The van der Waals surface area contributed by atoms with Gasteiger partial charge in [0.05, 0.1) is 31.0 Å². The first kappa shape index (κ1) is 36.9. The average molecular weight is 718 g/mol. The van der Waals surface area contributed by atoms with Gasteiger partial charge in [0.2, 0.25) is 6.34 Å². The Balaban J connectivity index is 0.00000464. The molecule has 4 aromatic rings. The number of halogens is 2. The molecule has 276 valence electrons. The molecule has 0 amide bonds. The Morgan fingerprint density at radius 3 is 2.25 bits per heavy atom. The van der Waals surface area contributed by atoms with Crippen LogP contribution < -0.4 is 25.2 Å². The number of piperazine rings is 1. The van der Waals surface area contributed by atoms with Gasteiger partial charge in [0, 0.05) is 55.1 Å². The van der Waals surface area contributed by atoms with E-state index >= 15 is 0 Å². The SMILES string of the molecule is C.CC[C@@H]([C@H](C)O)n1ncn(-c2ccc(N3CCN(c4ccc(OC[C@@H]5CO[C@@](C[NH+]6C=NC=N6)(c6ccc(F)cc6F)C5)cc4)CC3)cc2)c1=O. The summed E-state index contributed by atoms with van der Waals surface area (Å²) in [6.45, 7) is 8.08. The van der Waals surface area contributed by atoms with Crippen LogP contribution in [0, 0.1) is 17.6 Å². The van der Waals surface area contributed by atoms with Crippen LogP contribution in [0.25, 0.3) is 5.69 Å². The Hall–Kier alpha value is -4.92. The third kappa shape index (κ3) is 7.64. The fraction of sp³-hybridized carbons (Fsp3) is 0.421. The average Bonchev–Trinajstić information content (AvgIpc) is 3.90. The Kier molecular flexibility index (Phi) is 11.2. The van der Waals surface area contributed by atoms with Crippen molar-refractivity contribution in [1.82, 2.24) is 14.3 Å². The van der Waals surface area contributed by atoms with Gasteiger partial charge in [0.1, 0.15) is 35.9 Å². The molecule has 3 aliphatic rings. The van der Waals surface area contributed by atoms with E-state index in [4.69, 9.17) is 9.47 Å². The number of anilines is 2. The minimum atomic E-state index is -0.982. The third-order valence-electron chi connectivity index (χ3n) is 10.1. The first-order valence-electron chi connectivity index (χ1n) is 17.4. The lowest BCUT2D eigenvalue weighted by atomic mass is 9.86. The lowest BCUT2D eigenvalue weighted by Crippen LogP contribution is -3.07. The van der Waals surface area contributed by atoms with Crippen LogP contribution in [0.4, 0.5) is 20.2 Å². The van der Waals surface area contributed by atoms with Gasteiger partial charge >= 0.3 is 5.69 Å². The summed E-state index contributed by atoms with van der Waals surface area (Å²) in [7, 11) is 0. The number of aliphatic hydroxyl groups excluding tert-OH is 1. The molecule has 5 atom stereocenters. The highest BCUT2D eigenvalue weighted by Gasteiger charge is 2.47. The first-order valence-corrected chi connectivity index (χ1v) is 17.4. The number of ether oxygens (including phenoxy) is 2. The molecule has 3 aliphatic heterocycles. The van der Waals surface area contributed by atoms with Crippen LogP contribution in [-0.4, -0.2) is 84.2 Å². The summed E-state index contributed by atoms with van der Waals surface area (Å²) in [5, 5.41) is 19.3. The molecule has 0 radical (unpaired) electrons. The maximum Gasteiger partial charge on any atom is 0.350 e. The van der Waals surface area contributed by atoms with E-state index in [0.717, 1.165) is 55.1 Å². The van der Waals surface area contributed by atoms with Crippen molar-refractivity contribution in [2.24, 2.45) is 16.0 Å². The molecule has 1 aromatic heterocycles. The molecule has 2 saturated heterocycles. The highest BCUT2D eigenvalue weighted by molar-refractivity contribution is 5.69. The molecule has 14 heteroatoms. The van der Waals surface area contributed by atoms with Gasteiger partial charge < -0.3 is 24.4 Å². The summed E-state index contributed by atoms with van der Waals surface area (Å²) in [5.41, 5.74) is 1.99. The van der Waals surface area contributed by atoms with E-state index in [1.165, 1.54) is 34.0 Å². The predicted molar refractivity (Wildman–Crippen MR) is 197 cm³/mol. The molecule has 4 heterocycles. The summed E-state index contributed by atoms with van der Waals surface area (Å²) in [6.07, 6.45) is 5.03. The van der Waals surface area contributed by atoms with Crippen molar-refractivity contribution in [3.8, 4) is 11.4 Å². The number of rotatable bonds is 12. The van der Waals surface area contributed by atoms with Gasteiger partial charge in [-0.25, -0.2) is 22.8 Å². The maximum absolute atomic E-state index is 15.0. The van der Waals surface area contributed by atoms with E-state index in [1.807, 2.05) is 43.3 Å². The molecule has 52 heavy (non-hydrogen) atoms. The molecule has 3 aromatic carbocycles. The Morgan fingerprint density at radius 2 is 1.65 bits per heavy atom. The summed E-state index contributed by atoms with van der Waals surface area (Å²) < 4.78 is 44.0. The molecule has 2 fully saturated rings. The van der Waals surface area contributed by atoms with Crippen molar-refractivity contribution in [1.29, 1.82) is 0 Å². The summed E-state index contributed by atoms with van der Waals surface area (Å²) in [4.78, 5) is 21.7. The number of nitrogens with one attached hydrogen (secondary N) is 1. The van der Waals surface area contributed by atoms with Gasteiger partial charge in [0.25, 0.3) is 0 Å². The van der Waals surface area contributed by atoms with Crippen molar-refractivity contribution < 1.29 is 28.4 Å². The molecule has 0 aliphatic carbocycles. The zero-order valence-electron chi connectivity index (χ0n) is 28.7. The molecule has 0 spiro atoms. The van der Waals surface area contributed by atoms with Crippen LogP contribution in [0.5, 0.6) is 5.75 Å². The van der Waals surface area contributed by atoms with Gasteiger partial charge in [-0.3, -0.25) is 0 Å². The molecule has 0 saturated carbocycles. The quantitative estimate of drug-likeness (QED) is 0.230. The minimum absolute atomic E-state index is 0. The molecule has 1 unspecified atom stereocenters. The second kappa shape index (κ2) is 15.8. The highest BCUT2D eigenvalue weighted by atomic mass is 19.1. The second-order valence-electron chi connectivity index (χ2n) is 13.4. The highest BCUT2D eigenvalue weighted by Crippen LogP contribution is 2.40. The van der Waals surface area contributed by atoms with Gasteiger partial charge in [-0.05, 0) is 74.4 Å². The Bertz CT molecular complexity index is 1910. The normalized spacial score (nSPS) is 22.4. The van der Waals surface area contributed by atoms with E-state index in [9.17, 15) is 18.7 Å². The maximum atomic E-state index is 15.0. The largest absolute Gasteiger partial charge is 0.493 e. The number of aliphatic hydroxyl groups is 1. The van der Waals surface area contributed by atoms with Crippen molar-refractivity contribution in [3.05, 3.63) is 101 Å². The van der Waals surface area contributed by atoms with Gasteiger partial charge in [0.15, 0.2) is 6.34 Å². The van der Waals surface area contributed by atoms with Crippen molar-refractivity contribution in [2.75, 3.05) is 55.7 Å². The van der Waals surface area contributed by atoms with Crippen LogP contribution >= 0.6 is 0 Å². The van der Waals surface area contributed by atoms with Crippen LogP contribution in [0.3, 0.4) is 0 Å². The molecule has 7 rings (SSSR count). The van der Waals surface area contributed by atoms with E-state index in [-0.39, 0.29) is 25.1 Å². The van der Waals surface area contributed by atoms with E-state index in [1.54, 1.807) is 13.3 Å². The lowest BCUT2D eigenvalue weighted by Gasteiger charge is -2.37. The van der Waals surface area contributed by atoms with Crippen molar-refractivity contribution >= 4 is 24.1 Å². The van der Waals surface area contributed by atoms with E-state index < -0.39 is 23.3 Å². The Morgan fingerprint density at radius 1 is 1.00 bits per heavy atom. The number of aromatic nitrogens is 3. The standard InChI is InChI=1S/C37H42F2N8O4.CH4/c1-3-35(26(2)48)47-36(49)46(25-42-47)31-7-5-29(6-8-31)43-14-16-44(17-15-43)30-9-11-32(12-10-30)50-20-27-19-37(51-21-27,22-45-24-40-23-41-45)33-13-4-28(38)18-34(33)39;/h4-13,18,23-27,35,48H,3,14-17,19-22H2,1-2H3;1H4/p+1/t26-,27+,35-,37-;/m0./s1. The van der Waals surface area contributed by atoms with E-state index in [0.29, 0.717) is 43.2 Å². The molecule has 12 nitrogen and oxygen atoms in total. The van der Waals surface area contributed by atoms with Crippen molar-refractivity contribution in [2.45, 2.75) is 51.9 Å². The van der Waals surface area contributed by atoms with Crippen LogP contribution in [-0.2, 0) is 10.3 Å². The molecule has 2 N–H and O–H groups in total. The van der Waals surface area contributed by atoms with Gasteiger partial charge in [-0.2, -0.15) is 15.1 Å². The fourth-order valence-corrected chi connectivity index (χ4v) is 7.33.